The highest BCUT2D eigenvalue weighted by Crippen LogP contribution is 2.47. The van der Waals surface area contributed by atoms with E-state index in [1.165, 1.54) is 72.8 Å². The fourth-order valence-corrected chi connectivity index (χ4v) is 4.79. The zero-order valence-corrected chi connectivity index (χ0v) is 27.6. The molecule has 1 aromatic carbocycles. The summed E-state index contributed by atoms with van der Waals surface area (Å²) < 4.78 is 0. The lowest BCUT2D eigenvalue weighted by atomic mass is 9.65. The Bertz CT molecular complexity index is 967. The van der Waals surface area contributed by atoms with Crippen molar-refractivity contribution < 1.29 is 0 Å². The highest BCUT2D eigenvalue weighted by molar-refractivity contribution is 5.78. The summed E-state index contributed by atoms with van der Waals surface area (Å²) >= 11 is 0. The molecule has 0 aromatic heterocycles. The molecule has 0 bridgehead atoms. The lowest BCUT2D eigenvalue weighted by molar-refractivity contribution is 0.233. The smallest absolute Gasteiger partial charge is 0.0184 e. The molecule has 0 fully saturated rings. The molecule has 0 heteroatoms. The third-order valence-corrected chi connectivity index (χ3v) is 6.89. The zero-order valence-electron chi connectivity index (χ0n) is 27.6. The lowest BCUT2D eigenvalue weighted by Gasteiger charge is -2.39. The number of hydrogen-bond acceptors (Lipinski definition) is 0. The van der Waals surface area contributed by atoms with Crippen molar-refractivity contribution in [2.75, 3.05) is 0 Å². The summed E-state index contributed by atoms with van der Waals surface area (Å²) in [5.74, 6) is 0. The van der Waals surface area contributed by atoms with Gasteiger partial charge < -0.3 is 0 Å². The van der Waals surface area contributed by atoms with Crippen LogP contribution in [-0.4, -0.2) is 0 Å². The van der Waals surface area contributed by atoms with Gasteiger partial charge in [-0.1, -0.05) is 127 Å². The molecule has 0 saturated carbocycles. The van der Waals surface area contributed by atoms with Crippen molar-refractivity contribution >= 4 is 11.1 Å². The number of hydrogen-bond donors (Lipinski definition) is 0. The van der Waals surface area contributed by atoms with Gasteiger partial charge in [0.1, 0.15) is 0 Å². The third-order valence-electron chi connectivity index (χ3n) is 6.89. The van der Waals surface area contributed by atoms with Crippen LogP contribution in [0.5, 0.6) is 0 Å². The van der Waals surface area contributed by atoms with Crippen molar-refractivity contribution in [1.29, 1.82) is 0 Å². The Morgan fingerprint density at radius 2 is 1.41 bits per heavy atom. The fraction of sp³-hybridized carbons (Fsp3) is 0.487. The minimum atomic E-state index is 0.411. The van der Waals surface area contributed by atoms with E-state index in [2.05, 4.69) is 117 Å². The van der Waals surface area contributed by atoms with Crippen molar-refractivity contribution in [3.05, 3.63) is 108 Å². The van der Waals surface area contributed by atoms with Crippen LogP contribution in [-0.2, 0) is 6.42 Å². The summed E-state index contributed by atoms with van der Waals surface area (Å²) in [5, 5.41) is 0. The normalized spacial score (nSPS) is 14.1. The molecule has 39 heavy (non-hydrogen) atoms. The molecular formula is C39H62. The maximum Gasteiger partial charge on any atom is -0.0184 e. The molecule has 0 aliphatic heterocycles. The van der Waals surface area contributed by atoms with E-state index in [-0.39, 0.29) is 0 Å². The Labute approximate surface area is 245 Å². The molecule has 1 aliphatic rings. The minimum Gasteiger partial charge on any atom is -0.103 e. The molecular weight excluding hydrogens is 468 g/mol. The lowest BCUT2D eigenvalue weighted by Crippen LogP contribution is -2.28. The predicted molar refractivity (Wildman–Crippen MR) is 184 cm³/mol. The van der Waals surface area contributed by atoms with Crippen molar-refractivity contribution in [3.8, 4) is 0 Å². The second kappa shape index (κ2) is 22.2. The van der Waals surface area contributed by atoms with Crippen LogP contribution in [0, 0.1) is 5.41 Å². The molecule has 0 atom stereocenters. The van der Waals surface area contributed by atoms with Gasteiger partial charge in [0.2, 0.25) is 0 Å². The quantitative estimate of drug-likeness (QED) is 0.220. The topological polar surface area (TPSA) is 0 Å². The van der Waals surface area contributed by atoms with Crippen LogP contribution in [0.2, 0.25) is 0 Å². The van der Waals surface area contributed by atoms with E-state index in [9.17, 15) is 0 Å². The summed E-state index contributed by atoms with van der Waals surface area (Å²) in [5.41, 5.74) is 10.4. The number of benzene rings is 1. The molecule has 0 spiro atoms. The van der Waals surface area contributed by atoms with Gasteiger partial charge in [-0.3, -0.25) is 0 Å². The summed E-state index contributed by atoms with van der Waals surface area (Å²) in [6.07, 6.45) is 20.0. The van der Waals surface area contributed by atoms with Gasteiger partial charge in [0.25, 0.3) is 0 Å². The Kier molecular flexibility index (Phi) is 22.0. The van der Waals surface area contributed by atoms with Crippen LogP contribution in [0.4, 0.5) is 0 Å². The van der Waals surface area contributed by atoms with E-state index in [0.29, 0.717) is 5.41 Å². The van der Waals surface area contributed by atoms with Crippen LogP contribution in [0.3, 0.4) is 0 Å². The molecule has 1 aromatic rings. The van der Waals surface area contributed by atoms with Gasteiger partial charge in [0.15, 0.2) is 0 Å². The second-order valence-corrected chi connectivity index (χ2v) is 10.8. The average molecular weight is 531 g/mol. The standard InChI is InChI=1S/C27H36.C6H12.C3H8.C3H6/c1-8-15-27(16-9-2)18-22(7)26-17-24(13-14-25(26)19-27)21(6)11-12-23(10-3)20(4)5;1-4-6(3)5-2;2*1-3-2/h10-14,17H,4,6-9,15-16,18-19H2,1-3,5H3;4H,5H2,1-3H3;3H2,1-2H3;3H,1H2,2H3/b12-11-,23-10+;6-4+;;. The van der Waals surface area contributed by atoms with E-state index in [1.54, 1.807) is 6.08 Å². The number of rotatable bonds is 9. The van der Waals surface area contributed by atoms with Crippen molar-refractivity contribution in [2.45, 2.75) is 121 Å². The average Bonchev–Trinajstić information content (AvgIpc) is 2.89. The van der Waals surface area contributed by atoms with Crippen molar-refractivity contribution in [3.63, 3.8) is 0 Å². The SMILES string of the molecule is C/C=C(\C)CC.C=C(C)C(/C=C\C(=C)c1ccc2c(c1)C(=C)CC(CCC)(CCC)C2)=C/C.C=CC.CCC. The molecule has 0 heterocycles. The first-order valence-electron chi connectivity index (χ1n) is 15.2. The molecule has 0 unspecified atom stereocenters. The highest BCUT2D eigenvalue weighted by atomic mass is 14.4. The Morgan fingerprint density at radius 3 is 1.79 bits per heavy atom. The van der Waals surface area contributed by atoms with Gasteiger partial charge in [0.05, 0.1) is 0 Å². The molecule has 0 radical (unpaired) electrons. The zero-order chi connectivity index (χ0) is 30.4. The summed E-state index contributed by atoms with van der Waals surface area (Å²) in [6, 6.07) is 6.83. The van der Waals surface area contributed by atoms with Crippen LogP contribution in [0.25, 0.3) is 11.1 Å². The van der Waals surface area contributed by atoms with E-state index >= 15 is 0 Å². The second-order valence-electron chi connectivity index (χ2n) is 10.8. The first kappa shape index (κ1) is 38.5. The van der Waals surface area contributed by atoms with Crippen LogP contribution >= 0.6 is 0 Å². The summed E-state index contributed by atoms with van der Waals surface area (Å²) in [6.45, 7) is 37.3. The molecule has 1 aliphatic carbocycles. The monoisotopic (exact) mass is 530 g/mol. The van der Waals surface area contributed by atoms with Crippen LogP contribution in [0.1, 0.15) is 131 Å². The Balaban J connectivity index is 0. The summed E-state index contributed by atoms with van der Waals surface area (Å²) in [4.78, 5) is 0. The molecule has 218 valence electrons. The Morgan fingerprint density at radius 1 is 0.872 bits per heavy atom. The van der Waals surface area contributed by atoms with Gasteiger partial charge in [-0.15, -0.1) is 6.58 Å². The minimum absolute atomic E-state index is 0.411. The maximum atomic E-state index is 4.46. The summed E-state index contributed by atoms with van der Waals surface area (Å²) in [7, 11) is 0. The largest absolute Gasteiger partial charge is 0.103 e. The van der Waals surface area contributed by atoms with Gasteiger partial charge in [-0.25, -0.2) is 0 Å². The van der Waals surface area contributed by atoms with Crippen LogP contribution in [0.15, 0.2) is 91.6 Å². The number of fused-ring (bicyclic) bond motifs is 1. The van der Waals surface area contributed by atoms with Gasteiger partial charge in [-0.05, 0) is 112 Å². The Hall–Kier alpha value is -2.60. The fourth-order valence-electron chi connectivity index (χ4n) is 4.79. The van der Waals surface area contributed by atoms with Crippen molar-refractivity contribution in [1.82, 2.24) is 0 Å². The van der Waals surface area contributed by atoms with Crippen molar-refractivity contribution in [2.24, 2.45) is 5.41 Å². The highest BCUT2D eigenvalue weighted by Gasteiger charge is 2.34. The molecule has 2 rings (SSSR count). The van der Waals surface area contributed by atoms with Gasteiger partial charge >= 0.3 is 0 Å². The maximum absolute atomic E-state index is 4.46. The molecule has 0 nitrogen and oxygen atoms in total. The van der Waals surface area contributed by atoms with Gasteiger partial charge in [0, 0.05) is 0 Å². The molecule has 0 N–H and O–H groups in total. The third kappa shape index (κ3) is 14.9. The van der Waals surface area contributed by atoms with E-state index in [4.69, 9.17) is 0 Å². The first-order chi connectivity index (χ1) is 18.5. The van der Waals surface area contributed by atoms with E-state index < -0.39 is 0 Å². The molecule has 0 amide bonds. The first-order valence-corrected chi connectivity index (χ1v) is 15.2. The van der Waals surface area contributed by atoms with E-state index in [1.807, 2.05) is 20.8 Å². The van der Waals surface area contributed by atoms with Gasteiger partial charge in [-0.2, -0.15) is 0 Å². The number of allylic oxidation sites excluding steroid dienone is 10. The molecule has 0 saturated heterocycles. The van der Waals surface area contributed by atoms with E-state index in [0.717, 1.165) is 23.1 Å². The predicted octanol–water partition coefficient (Wildman–Crippen LogP) is 13.3. The van der Waals surface area contributed by atoms with Crippen LogP contribution < -0.4 is 0 Å².